The average molecular weight is 324 g/mol. The van der Waals surface area contributed by atoms with Crippen LogP contribution in [-0.2, 0) is 4.74 Å². The number of hydrogen-bond donors (Lipinski definition) is 0. The molecule has 2 rings (SSSR count). The lowest BCUT2D eigenvalue weighted by atomic mass is 9.67. The van der Waals surface area contributed by atoms with E-state index in [4.69, 9.17) is 4.74 Å². The van der Waals surface area contributed by atoms with Gasteiger partial charge in [-0.1, -0.05) is 27.7 Å². The minimum atomic E-state index is 0.559. The minimum absolute atomic E-state index is 0.559. The Kier molecular flexibility index (Phi) is 7.88. The molecular weight excluding hydrogens is 282 g/mol. The van der Waals surface area contributed by atoms with Crippen LogP contribution in [0.3, 0.4) is 0 Å². The van der Waals surface area contributed by atoms with Gasteiger partial charge in [-0.3, -0.25) is 0 Å². The summed E-state index contributed by atoms with van der Waals surface area (Å²) in [6.45, 7) is 14.2. The van der Waals surface area contributed by atoms with Gasteiger partial charge >= 0.3 is 0 Å². The van der Waals surface area contributed by atoms with Crippen molar-refractivity contribution in [2.75, 3.05) is 26.2 Å². The van der Waals surface area contributed by atoms with E-state index in [0.29, 0.717) is 11.5 Å². The van der Waals surface area contributed by atoms with Gasteiger partial charge in [-0.15, -0.1) is 0 Å². The van der Waals surface area contributed by atoms with Gasteiger partial charge in [-0.05, 0) is 94.7 Å². The molecule has 2 heteroatoms. The average Bonchev–Trinajstić information content (AvgIpc) is 2.51. The Balaban J connectivity index is 1.61. The van der Waals surface area contributed by atoms with Crippen LogP contribution in [0.25, 0.3) is 0 Å². The largest absolute Gasteiger partial charge is 0.378 e. The Morgan fingerprint density at radius 2 is 1.52 bits per heavy atom. The Morgan fingerprint density at radius 3 is 2.09 bits per heavy atom. The van der Waals surface area contributed by atoms with Gasteiger partial charge in [0.2, 0.25) is 0 Å². The number of likely N-dealkylation sites (tertiary alicyclic amines) is 1. The van der Waals surface area contributed by atoms with E-state index in [1.54, 1.807) is 0 Å². The maximum absolute atomic E-state index is 6.11. The van der Waals surface area contributed by atoms with Crippen molar-refractivity contribution in [2.24, 2.45) is 17.3 Å². The fraction of sp³-hybridized carbons (Fsp3) is 1.00. The standard InChI is InChI=1S/C21H41NO/c1-18(2)6-5-14-22-15-12-21(13-16-22)10-7-20(8-11-21)23-17-9-19(3)4/h18-20H,5-17H2,1-4H3. The first kappa shape index (κ1) is 19.2. The molecule has 0 aromatic heterocycles. The Morgan fingerprint density at radius 1 is 0.913 bits per heavy atom. The molecule has 1 heterocycles. The van der Waals surface area contributed by atoms with E-state index in [9.17, 15) is 0 Å². The molecule has 136 valence electrons. The summed E-state index contributed by atoms with van der Waals surface area (Å²) in [5.41, 5.74) is 0.673. The first-order valence-electron chi connectivity index (χ1n) is 10.3. The molecule has 1 aliphatic carbocycles. The van der Waals surface area contributed by atoms with Crippen LogP contribution in [0.1, 0.15) is 85.5 Å². The molecule has 0 N–H and O–H groups in total. The monoisotopic (exact) mass is 323 g/mol. The lowest BCUT2D eigenvalue weighted by Gasteiger charge is -2.46. The Labute approximate surface area is 145 Å². The molecule has 1 spiro atoms. The highest BCUT2D eigenvalue weighted by atomic mass is 16.5. The summed E-state index contributed by atoms with van der Waals surface area (Å²) in [5.74, 6) is 1.63. The van der Waals surface area contributed by atoms with E-state index in [1.807, 2.05) is 0 Å². The number of nitrogens with zero attached hydrogens (tertiary/aromatic N) is 1. The van der Waals surface area contributed by atoms with Crippen molar-refractivity contribution in [3.63, 3.8) is 0 Å². The second-order valence-electron chi connectivity index (χ2n) is 9.13. The van der Waals surface area contributed by atoms with E-state index >= 15 is 0 Å². The third-order valence-electron chi connectivity index (χ3n) is 6.21. The third-order valence-corrected chi connectivity index (χ3v) is 6.21. The molecule has 0 radical (unpaired) electrons. The molecule has 1 saturated heterocycles. The Bertz CT molecular complexity index is 274. The molecule has 2 aliphatic rings. The number of hydrogen-bond acceptors (Lipinski definition) is 2. The van der Waals surface area contributed by atoms with Crippen LogP contribution >= 0.6 is 0 Å². The summed E-state index contributed by atoms with van der Waals surface area (Å²) >= 11 is 0. The molecule has 1 saturated carbocycles. The van der Waals surface area contributed by atoms with Crippen molar-refractivity contribution >= 4 is 0 Å². The highest BCUT2D eigenvalue weighted by molar-refractivity contribution is 4.90. The maximum atomic E-state index is 6.11. The summed E-state index contributed by atoms with van der Waals surface area (Å²) in [6, 6.07) is 0. The van der Waals surface area contributed by atoms with Crippen LogP contribution in [0.2, 0.25) is 0 Å². The van der Waals surface area contributed by atoms with Crippen LogP contribution in [0.4, 0.5) is 0 Å². The lowest BCUT2D eigenvalue weighted by molar-refractivity contribution is -0.0261. The zero-order valence-corrected chi connectivity index (χ0v) is 16.3. The van der Waals surface area contributed by atoms with Crippen molar-refractivity contribution in [1.29, 1.82) is 0 Å². The topological polar surface area (TPSA) is 12.5 Å². The fourth-order valence-corrected chi connectivity index (χ4v) is 4.31. The molecule has 0 aromatic rings. The molecule has 0 amide bonds. The molecule has 2 fully saturated rings. The minimum Gasteiger partial charge on any atom is -0.378 e. The number of piperidine rings is 1. The Hall–Kier alpha value is -0.0800. The predicted octanol–water partition coefficient (Wildman–Crippen LogP) is 5.51. The van der Waals surface area contributed by atoms with Crippen molar-refractivity contribution in [3.8, 4) is 0 Å². The van der Waals surface area contributed by atoms with Crippen molar-refractivity contribution < 1.29 is 4.74 Å². The highest BCUT2D eigenvalue weighted by Gasteiger charge is 2.38. The van der Waals surface area contributed by atoms with Gasteiger partial charge in [0.25, 0.3) is 0 Å². The number of rotatable bonds is 8. The molecule has 1 aliphatic heterocycles. The first-order chi connectivity index (χ1) is 11.0. The quantitative estimate of drug-likeness (QED) is 0.584. The second-order valence-corrected chi connectivity index (χ2v) is 9.13. The molecule has 2 nitrogen and oxygen atoms in total. The van der Waals surface area contributed by atoms with Crippen LogP contribution in [-0.4, -0.2) is 37.2 Å². The van der Waals surface area contributed by atoms with E-state index in [-0.39, 0.29) is 0 Å². The van der Waals surface area contributed by atoms with Gasteiger partial charge in [0, 0.05) is 6.61 Å². The van der Waals surface area contributed by atoms with Gasteiger partial charge in [0.1, 0.15) is 0 Å². The maximum Gasteiger partial charge on any atom is 0.0575 e. The molecule has 0 atom stereocenters. The van der Waals surface area contributed by atoms with Gasteiger partial charge < -0.3 is 9.64 Å². The van der Waals surface area contributed by atoms with Gasteiger partial charge in [-0.25, -0.2) is 0 Å². The van der Waals surface area contributed by atoms with Crippen molar-refractivity contribution in [3.05, 3.63) is 0 Å². The predicted molar refractivity (Wildman–Crippen MR) is 99.8 cm³/mol. The van der Waals surface area contributed by atoms with Gasteiger partial charge in [0.05, 0.1) is 6.10 Å². The molecule has 23 heavy (non-hydrogen) atoms. The fourth-order valence-electron chi connectivity index (χ4n) is 4.31. The second kappa shape index (κ2) is 9.42. The van der Waals surface area contributed by atoms with Crippen LogP contribution in [0.15, 0.2) is 0 Å². The molecule has 0 unspecified atom stereocenters. The molecule has 0 aromatic carbocycles. The first-order valence-corrected chi connectivity index (χ1v) is 10.3. The molecule has 0 bridgehead atoms. The smallest absolute Gasteiger partial charge is 0.0575 e. The summed E-state index contributed by atoms with van der Waals surface area (Å²) in [4.78, 5) is 2.72. The number of ether oxygens (including phenoxy) is 1. The normalized spacial score (nSPS) is 23.2. The summed E-state index contributed by atoms with van der Waals surface area (Å²) in [5, 5.41) is 0. The zero-order valence-electron chi connectivity index (χ0n) is 16.3. The van der Waals surface area contributed by atoms with Crippen molar-refractivity contribution in [2.45, 2.75) is 91.6 Å². The van der Waals surface area contributed by atoms with E-state index in [2.05, 4.69) is 32.6 Å². The zero-order chi connectivity index (χ0) is 16.7. The van der Waals surface area contributed by atoms with E-state index in [0.717, 1.165) is 18.4 Å². The molecular formula is C21H41NO. The van der Waals surface area contributed by atoms with Crippen LogP contribution in [0, 0.1) is 17.3 Å². The van der Waals surface area contributed by atoms with Crippen LogP contribution in [0.5, 0.6) is 0 Å². The lowest BCUT2D eigenvalue weighted by Crippen LogP contribution is -2.43. The summed E-state index contributed by atoms with van der Waals surface area (Å²) in [7, 11) is 0. The SMILES string of the molecule is CC(C)CCCN1CCC2(CCC(OCCC(C)C)CC2)CC1. The van der Waals surface area contributed by atoms with Gasteiger partial charge in [0.15, 0.2) is 0 Å². The van der Waals surface area contributed by atoms with Crippen LogP contribution < -0.4 is 0 Å². The third kappa shape index (κ3) is 6.74. The van der Waals surface area contributed by atoms with Crippen molar-refractivity contribution in [1.82, 2.24) is 4.90 Å². The van der Waals surface area contributed by atoms with Gasteiger partial charge in [-0.2, -0.15) is 0 Å². The summed E-state index contributed by atoms with van der Waals surface area (Å²) < 4.78 is 6.11. The van der Waals surface area contributed by atoms with E-state index < -0.39 is 0 Å². The van der Waals surface area contributed by atoms with E-state index in [1.165, 1.54) is 77.4 Å². The summed E-state index contributed by atoms with van der Waals surface area (Å²) in [6.07, 6.45) is 12.9. The highest BCUT2D eigenvalue weighted by Crippen LogP contribution is 2.45.